The zero-order chi connectivity index (χ0) is 25.9. The summed E-state index contributed by atoms with van der Waals surface area (Å²) in [4.78, 5) is 23.4. The van der Waals surface area contributed by atoms with Gasteiger partial charge in [0.25, 0.3) is 5.91 Å². The van der Waals surface area contributed by atoms with Crippen molar-refractivity contribution in [2.75, 3.05) is 18.0 Å². The number of hydrogen-bond donors (Lipinski definition) is 2. The van der Waals surface area contributed by atoms with Crippen molar-refractivity contribution in [3.63, 3.8) is 0 Å². The molecular formula is C28H23F3N4O2. The highest BCUT2D eigenvalue weighted by molar-refractivity contribution is 5.98. The average molecular weight is 505 g/mol. The van der Waals surface area contributed by atoms with E-state index in [0.29, 0.717) is 35.5 Å². The van der Waals surface area contributed by atoms with E-state index >= 15 is 0 Å². The fraction of sp³-hybridized carbons (Fsp3) is 0.179. The van der Waals surface area contributed by atoms with Crippen LogP contribution in [0.1, 0.15) is 38.7 Å². The molecule has 4 aromatic rings. The van der Waals surface area contributed by atoms with Crippen LogP contribution in [0.4, 0.5) is 24.7 Å². The first-order valence-electron chi connectivity index (χ1n) is 11.7. The Kier molecular flexibility index (Phi) is 6.87. The Hall–Kier alpha value is -4.24. The summed E-state index contributed by atoms with van der Waals surface area (Å²) in [5.74, 6) is -3.60. The molecule has 9 heteroatoms. The first-order valence-corrected chi connectivity index (χ1v) is 11.7. The molecule has 2 aromatic carbocycles. The monoisotopic (exact) mass is 504 g/mol. The lowest BCUT2D eigenvalue weighted by Gasteiger charge is -2.19. The zero-order valence-corrected chi connectivity index (χ0v) is 19.7. The second-order valence-corrected chi connectivity index (χ2v) is 8.79. The highest BCUT2D eigenvalue weighted by Crippen LogP contribution is 2.36. The number of fused-ring (bicyclic) bond motifs is 1. The smallest absolute Gasteiger partial charge is 0.251 e. The summed E-state index contributed by atoms with van der Waals surface area (Å²) in [5, 5.41) is 13.1. The van der Waals surface area contributed by atoms with Crippen molar-refractivity contribution >= 4 is 17.4 Å². The fourth-order valence-corrected chi connectivity index (χ4v) is 4.52. The van der Waals surface area contributed by atoms with Gasteiger partial charge in [0.15, 0.2) is 17.5 Å². The van der Waals surface area contributed by atoms with Gasteiger partial charge in [-0.2, -0.15) is 0 Å². The molecule has 2 N–H and O–H groups in total. The molecule has 188 valence electrons. The highest BCUT2D eigenvalue weighted by Gasteiger charge is 2.26. The number of benzene rings is 2. The van der Waals surface area contributed by atoms with Gasteiger partial charge < -0.3 is 15.3 Å². The van der Waals surface area contributed by atoms with Gasteiger partial charge in [-0.3, -0.25) is 9.78 Å². The summed E-state index contributed by atoms with van der Waals surface area (Å²) in [6.45, 7) is 0.639. The number of nitrogens with one attached hydrogen (secondary N) is 1. The predicted molar refractivity (Wildman–Crippen MR) is 132 cm³/mol. The quantitative estimate of drug-likeness (QED) is 0.359. The second kappa shape index (κ2) is 10.4. The molecule has 0 saturated carbocycles. The highest BCUT2D eigenvalue weighted by atomic mass is 19.2. The molecule has 1 aliphatic heterocycles. The van der Waals surface area contributed by atoms with Crippen molar-refractivity contribution in [3.05, 3.63) is 118 Å². The molecule has 1 aliphatic rings. The van der Waals surface area contributed by atoms with Crippen LogP contribution < -0.4 is 10.2 Å². The third kappa shape index (κ3) is 5.17. The van der Waals surface area contributed by atoms with Crippen molar-refractivity contribution < 1.29 is 23.1 Å². The lowest BCUT2D eigenvalue weighted by Crippen LogP contribution is -2.29. The van der Waals surface area contributed by atoms with E-state index in [2.05, 4.69) is 15.3 Å². The minimum Gasteiger partial charge on any atom is -0.387 e. The van der Waals surface area contributed by atoms with Crippen LogP contribution in [0.3, 0.4) is 0 Å². The molecule has 37 heavy (non-hydrogen) atoms. The van der Waals surface area contributed by atoms with Crippen molar-refractivity contribution in [1.82, 2.24) is 15.3 Å². The minimum absolute atomic E-state index is 0.0477. The van der Waals surface area contributed by atoms with Crippen LogP contribution in [-0.4, -0.2) is 34.1 Å². The van der Waals surface area contributed by atoms with E-state index in [-0.39, 0.29) is 18.9 Å². The molecular weight excluding hydrogens is 481 g/mol. The van der Waals surface area contributed by atoms with Crippen LogP contribution in [0.25, 0.3) is 0 Å². The number of nitrogens with zero attached hydrogens (tertiary/aromatic N) is 3. The Morgan fingerprint density at radius 2 is 1.84 bits per heavy atom. The number of rotatable bonds is 7. The van der Waals surface area contributed by atoms with Crippen LogP contribution in [0.15, 0.2) is 73.2 Å². The molecule has 3 heterocycles. The fourth-order valence-electron chi connectivity index (χ4n) is 4.52. The van der Waals surface area contributed by atoms with E-state index in [1.165, 1.54) is 0 Å². The van der Waals surface area contributed by atoms with Gasteiger partial charge in [0.05, 0.1) is 6.10 Å². The number of pyridine rings is 2. The lowest BCUT2D eigenvalue weighted by molar-refractivity contribution is 0.0915. The standard InChI is InChI=1S/C28H23F3N4O2/c29-22-12-18(13-23(30)27(22)31)11-17-6-9-33-26(14-17)35-10-7-20-21(4-1-5-24(20)35)28(37)34-16-25(36)19-3-2-8-32-15-19/h1-6,8-9,12-15,25,36H,7,10-11,16H2,(H,34,37)/t25-/m0/s1. The van der Waals surface area contributed by atoms with E-state index in [0.717, 1.165) is 28.9 Å². The molecule has 0 radical (unpaired) electrons. The summed E-state index contributed by atoms with van der Waals surface area (Å²) in [5.41, 5.74) is 3.90. The SMILES string of the molecule is O=C(NC[C@H](O)c1cccnc1)c1cccc2c1CCN2c1cc(Cc2cc(F)c(F)c(F)c2)ccn1. The number of aliphatic hydroxyl groups is 1. The third-order valence-corrected chi connectivity index (χ3v) is 6.34. The maximum Gasteiger partial charge on any atom is 0.251 e. The minimum atomic E-state index is -1.49. The topological polar surface area (TPSA) is 78.3 Å². The third-order valence-electron chi connectivity index (χ3n) is 6.34. The summed E-state index contributed by atoms with van der Waals surface area (Å²) < 4.78 is 40.6. The van der Waals surface area contributed by atoms with Gasteiger partial charge in [-0.15, -0.1) is 0 Å². The Labute approximate surface area is 211 Å². The van der Waals surface area contributed by atoms with E-state index < -0.39 is 23.6 Å². The van der Waals surface area contributed by atoms with Crippen LogP contribution in [0.2, 0.25) is 0 Å². The van der Waals surface area contributed by atoms with Crippen molar-refractivity contribution in [2.24, 2.45) is 0 Å². The Morgan fingerprint density at radius 1 is 1.03 bits per heavy atom. The largest absolute Gasteiger partial charge is 0.387 e. The predicted octanol–water partition coefficient (Wildman–Crippen LogP) is 4.64. The summed E-state index contributed by atoms with van der Waals surface area (Å²) in [6.07, 6.45) is 4.71. The summed E-state index contributed by atoms with van der Waals surface area (Å²) in [6, 6.07) is 14.4. The molecule has 1 atom stereocenters. The number of hydrogen-bond acceptors (Lipinski definition) is 5. The number of carbonyl (C=O) groups excluding carboxylic acids is 1. The van der Waals surface area contributed by atoms with Crippen LogP contribution in [0.5, 0.6) is 0 Å². The Bertz CT molecular complexity index is 1430. The molecule has 0 fully saturated rings. The van der Waals surface area contributed by atoms with Crippen LogP contribution >= 0.6 is 0 Å². The Morgan fingerprint density at radius 3 is 2.59 bits per heavy atom. The number of aliphatic hydroxyl groups excluding tert-OH is 1. The number of amides is 1. The zero-order valence-electron chi connectivity index (χ0n) is 19.7. The van der Waals surface area contributed by atoms with E-state index in [4.69, 9.17) is 0 Å². The number of anilines is 2. The molecule has 1 amide bonds. The van der Waals surface area contributed by atoms with Gasteiger partial charge in [-0.1, -0.05) is 12.1 Å². The summed E-state index contributed by atoms with van der Waals surface area (Å²) >= 11 is 0. The maximum atomic E-state index is 13.6. The van der Waals surface area contributed by atoms with E-state index in [9.17, 15) is 23.1 Å². The first-order chi connectivity index (χ1) is 17.9. The summed E-state index contributed by atoms with van der Waals surface area (Å²) in [7, 11) is 0. The second-order valence-electron chi connectivity index (χ2n) is 8.79. The van der Waals surface area contributed by atoms with Gasteiger partial charge >= 0.3 is 0 Å². The molecule has 6 nitrogen and oxygen atoms in total. The number of carbonyl (C=O) groups is 1. The maximum absolute atomic E-state index is 13.6. The van der Waals surface area contributed by atoms with E-state index in [1.807, 2.05) is 17.0 Å². The molecule has 0 spiro atoms. The molecule has 5 rings (SSSR count). The molecule has 0 unspecified atom stereocenters. The molecule has 0 aliphatic carbocycles. The van der Waals surface area contributed by atoms with Gasteiger partial charge in [0, 0.05) is 48.5 Å². The van der Waals surface area contributed by atoms with E-state index in [1.54, 1.807) is 48.9 Å². The van der Waals surface area contributed by atoms with Crippen LogP contribution in [-0.2, 0) is 12.8 Å². The lowest BCUT2D eigenvalue weighted by atomic mass is 10.0. The van der Waals surface area contributed by atoms with Crippen molar-refractivity contribution in [2.45, 2.75) is 18.9 Å². The Balaban J connectivity index is 1.33. The van der Waals surface area contributed by atoms with Crippen molar-refractivity contribution in [1.29, 1.82) is 0 Å². The van der Waals surface area contributed by atoms with Crippen LogP contribution in [0, 0.1) is 17.5 Å². The average Bonchev–Trinajstić information content (AvgIpc) is 3.35. The first kappa shape index (κ1) is 24.5. The normalized spacial score (nSPS) is 13.4. The molecule has 2 aromatic heterocycles. The molecule has 0 saturated heterocycles. The van der Waals surface area contributed by atoms with Gasteiger partial charge in [0.1, 0.15) is 5.82 Å². The number of halogens is 3. The van der Waals surface area contributed by atoms with Gasteiger partial charge in [-0.25, -0.2) is 18.2 Å². The van der Waals surface area contributed by atoms with Gasteiger partial charge in [-0.05, 0) is 72.0 Å². The van der Waals surface area contributed by atoms with Gasteiger partial charge in [0.2, 0.25) is 0 Å². The van der Waals surface area contributed by atoms with Crippen molar-refractivity contribution in [3.8, 4) is 0 Å². The molecule has 0 bridgehead atoms. The number of aromatic nitrogens is 2.